The molecule has 0 amide bonds. The number of phenolic OH excluding ortho intramolecular Hbond substituents is 2. The Hall–Kier alpha value is -1.87. The highest BCUT2D eigenvalue weighted by molar-refractivity contribution is 6.20. The highest BCUT2D eigenvalue weighted by Crippen LogP contribution is 2.37. The average Bonchev–Trinajstić information content (AvgIpc) is 2.60. The van der Waals surface area contributed by atoms with E-state index >= 15 is 0 Å². The maximum Gasteiger partial charge on any atom is 0.123 e. The number of halogens is 1. The summed E-state index contributed by atoms with van der Waals surface area (Å²) in [6, 6.07) is 12.0. The van der Waals surface area contributed by atoms with Crippen molar-refractivity contribution in [1.29, 1.82) is 0 Å². The molecule has 0 aliphatic carbocycles. The van der Waals surface area contributed by atoms with Crippen LogP contribution in [-0.2, 0) is 0 Å². The monoisotopic (exact) mass is 362 g/mol. The summed E-state index contributed by atoms with van der Waals surface area (Å²) in [5, 5.41) is 20.3. The second kappa shape index (κ2) is 9.57. The first-order valence-corrected chi connectivity index (χ1v) is 9.33. The Morgan fingerprint density at radius 1 is 1.04 bits per heavy atom. The van der Waals surface area contributed by atoms with Crippen LogP contribution in [0.4, 0.5) is 0 Å². The van der Waals surface area contributed by atoms with Gasteiger partial charge in [-0.25, -0.2) is 0 Å². The summed E-state index contributed by atoms with van der Waals surface area (Å²) < 4.78 is 5.82. The third kappa shape index (κ3) is 5.86. The van der Waals surface area contributed by atoms with E-state index in [0.29, 0.717) is 29.4 Å². The normalized spacial score (nSPS) is 13.4. The van der Waals surface area contributed by atoms with Crippen LogP contribution in [-0.4, -0.2) is 22.2 Å². The van der Waals surface area contributed by atoms with Gasteiger partial charge in [-0.3, -0.25) is 0 Å². The number of aromatic hydroxyl groups is 2. The van der Waals surface area contributed by atoms with Gasteiger partial charge in [-0.1, -0.05) is 32.0 Å². The third-order valence-electron chi connectivity index (χ3n) is 4.37. The van der Waals surface area contributed by atoms with Gasteiger partial charge in [0.1, 0.15) is 17.2 Å². The Kier molecular flexibility index (Phi) is 7.45. The zero-order chi connectivity index (χ0) is 18.2. The van der Waals surface area contributed by atoms with Crippen molar-refractivity contribution in [2.75, 3.05) is 6.61 Å². The maximum absolute atomic E-state index is 10.1. The van der Waals surface area contributed by atoms with Crippen LogP contribution in [0.1, 0.15) is 39.5 Å². The lowest BCUT2D eigenvalue weighted by Crippen LogP contribution is -2.07. The fraction of sp³-hybridized carbons (Fsp3) is 0.429. The minimum absolute atomic E-state index is 0.121. The van der Waals surface area contributed by atoms with Crippen molar-refractivity contribution in [2.24, 2.45) is 5.92 Å². The standard InChI is InChI=1S/C21H27ClO3/c1-3-16(22)13-15(2)7-6-12-25-17-10-11-21(24)19(14-17)18-8-4-5-9-20(18)23/h4-5,8-11,14-16,23-24H,3,6-7,12-13H2,1-2H3/t15?,16-/m1/s1. The van der Waals surface area contributed by atoms with Crippen LogP contribution in [0.2, 0.25) is 0 Å². The number of hydrogen-bond acceptors (Lipinski definition) is 3. The van der Waals surface area contributed by atoms with E-state index in [1.54, 1.807) is 36.4 Å². The van der Waals surface area contributed by atoms with Gasteiger partial charge in [0.05, 0.1) is 6.61 Å². The minimum Gasteiger partial charge on any atom is -0.507 e. The van der Waals surface area contributed by atoms with Crippen molar-refractivity contribution in [3.63, 3.8) is 0 Å². The predicted molar refractivity (Wildman–Crippen MR) is 104 cm³/mol. The lowest BCUT2D eigenvalue weighted by atomic mass is 9.99. The Morgan fingerprint density at radius 2 is 1.76 bits per heavy atom. The minimum atomic E-state index is 0.121. The van der Waals surface area contributed by atoms with Gasteiger partial charge in [0.25, 0.3) is 0 Å². The van der Waals surface area contributed by atoms with Crippen molar-refractivity contribution < 1.29 is 14.9 Å². The van der Waals surface area contributed by atoms with E-state index in [0.717, 1.165) is 25.7 Å². The molecule has 0 heterocycles. The summed E-state index contributed by atoms with van der Waals surface area (Å²) in [4.78, 5) is 0. The summed E-state index contributed by atoms with van der Waals surface area (Å²) in [6.07, 6.45) is 4.08. The number of benzene rings is 2. The Morgan fingerprint density at radius 3 is 2.48 bits per heavy atom. The number of phenols is 2. The number of hydrogen-bond donors (Lipinski definition) is 2. The fourth-order valence-electron chi connectivity index (χ4n) is 2.86. The smallest absolute Gasteiger partial charge is 0.123 e. The maximum atomic E-state index is 10.1. The molecule has 2 N–H and O–H groups in total. The topological polar surface area (TPSA) is 49.7 Å². The van der Waals surface area contributed by atoms with Crippen molar-refractivity contribution in [1.82, 2.24) is 0 Å². The SMILES string of the molecule is CC[C@@H](Cl)CC(C)CCCOc1ccc(O)c(-c2ccccc2O)c1. The summed E-state index contributed by atoms with van der Waals surface area (Å²) in [6.45, 7) is 4.96. The van der Waals surface area contributed by atoms with Gasteiger partial charge in [-0.05, 0) is 55.9 Å². The molecule has 136 valence electrons. The van der Waals surface area contributed by atoms with Gasteiger partial charge in [-0.2, -0.15) is 0 Å². The van der Waals surface area contributed by atoms with Gasteiger partial charge in [0, 0.05) is 16.5 Å². The average molecular weight is 363 g/mol. The molecule has 25 heavy (non-hydrogen) atoms. The van der Waals surface area contributed by atoms with Crippen molar-refractivity contribution in [3.8, 4) is 28.4 Å². The van der Waals surface area contributed by atoms with Crippen molar-refractivity contribution in [2.45, 2.75) is 44.9 Å². The van der Waals surface area contributed by atoms with Gasteiger partial charge in [-0.15, -0.1) is 11.6 Å². The Labute approximate surface area is 155 Å². The largest absolute Gasteiger partial charge is 0.507 e. The van der Waals surface area contributed by atoms with Crippen LogP contribution in [0, 0.1) is 5.92 Å². The number of ether oxygens (including phenoxy) is 1. The van der Waals surface area contributed by atoms with Crippen LogP contribution in [0.3, 0.4) is 0 Å². The molecule has 0 fully saturated rings. The van der Waals surface area contributed by atoms with E-state index in [2.05, 4.69) is 13.8 Å². The first kappa shape index (κ1) is 19.5. The lowest BCUT2D eigenvalue weighted by molar-refractivity contribution is 0.291. The molecule has 0 aliphatic heterocycles. The van der Waals surface area contributed by atoms with E-state index in [1.165, 1.54) is 0 Å². The highest BCUT2D eigenvalue weighted by atomic mass is 35.5. The molecule has 0 aliphatic rings. The molecule has 2 atom stereocenters. The third-order valence-corrected chi connectivity index (χ3v) is 4.86. The van der Waals surface area contributed by atoms with E-state index in [-0.39, 0.29) is 16.9 Å². The summed E-state index contributed by atoms with van der Waals surface area (Å²) in [5.41, 5.74) is 1.16. The Balaban J connectivity index is 1.91. The molecular weight excluding hydrogens is 336 g/mol. The predicted octanol–water partition coefficient (Wildman–Crippen LogP) is 5.97. The first-order valence-electron chi connectivity index (χ1n) is 8.89. The van der Waals surface area contributed by atoms with E-state index in [9.17, 15) is 10.2 Å². The van der Waals surface area contributed by atoms with Crippen molar-refractivity contribution >= 4 is 11.6 Å². The lowest BCUT2D eigenvalue weighted by Gasteiger charge is -2.15. The molecule has 0 bridgehead atoms. The molecule has 2 aromatic carbocycles. The quantitative estimate of drug-likeness (QED) is 0.427. The molecule has 0 radical (unpaired) electrons. The molecular formula is C21H27ClO3. The zero-order valence-electron chi connectivity index (χ0n) is 14.9. The fourth-order valence-corrected chi connectivity index (χ4v) is 3.17. The van der Waals surface area contributed by atoms with Crippen molar-refractivity contribution in [3.05, 3.63) is 42.5 Å². The van der Waals surface area contributed by atoms with Crippen LogP contribution >= 0.6 is 11.6 Å². The summed E-state index contributed by atoms with van der Waals surface area (Å²) in [7, 11) is 0. The van der Waals surface area contributed by atoms with Gasteiger partial charge >= 0.3 is 0 Å². The van der Waals surface area contributed by atoms with E-state index < -0.39 is 0 Å². The van der Waals surface area contributed by atoms with Crippen LogP contribution in [0.15, 0.2) is 42.5 Å². The van der Waals surface area contributed by atoms with E-state index in [1.807, 2.05) is 6.07 Å². The van der Waals surface area contributed by atoms with Crippen LogP contribution < -0.4 is 4.74 Å². The second-order valence-corrected chi connectivity index (χ2v) is 7.15. The van der Waals surface area contributed by atoms with Gasteiger partial charge < -0.3 is 14.9 Å². The van der Waals surface area contributed by atoms with Crippen LogP contribution in [0.5, 0.6) is 17.2 Å². The molecule has 1 unspecified atom stereocenters. The number of rotatable bonds is 9. The molecule has 4 heteroatoms. The first-order chi connectivity index (χ1) is 12.0. The molecule has 0 aromatic heterocycles. The van der Waals surface area contributed by atoms with Crippen LogP contribution in [0.25, 0.3) is 11.1 Å². The highest BCUT2D eigenvalue weighted by Gasteiger charge is 2.11. The molecule has 3 nitrogen and oxygen atoms in total. The second-order valence-electron chi connectivity index (χ2n) is 6.53. The molecule has 2 aromatic rings. The van der Waals surface area contributed by atoms with Gasteiger partial charge in [0.15, 0.2) is 0 Å². The number of para-hydroxylation sites is 1. The molecule has 0 saturated heterocycles. The Bertz CT molecular complexity index is 672. The molecule has 0 spiro atoms. The molecule has 0 saturated carbocycles. The number of alkyl halides is 1. The summed E-state index contributed by atoms with van der Waals surface area (Å²) in [5.74, 6) is 1.53. The van der Waals surface area contributed by atoms with E-state index in [4.69, 9.17) is 16.3 Å². The molecule has 2 rings (SSSR count). The summed E-state index contributed by atoms with van der Waals surface area (Å²) >= 11 is 6.20. The zero-order valence-corrected chi connectivity index (χ0v) is 15.7. The van der Waals surface area contributed by atoms with Gasteiger partial charge in [0.2, 0.25) is 0 Å².